The lowest BCUT2D eigenvalue weighted by molar-refractivity contribution is 0.606. The number of hydrogen-bond acceptors (Lipinski definition) is 2. The minimum atomic E-state index is 0.200. The predicted octanol–water partition coefficient (Wildman–Crippen LogP) is 5.11. The van der Waals surface area contributed by atoms with Gasteiger partial charge in [-0.25, -0.2) is 0 Å². The molecular weight excluding hydrogens is 274 g/mol. The van der Waals surface area contributed by atoms with Crippen LogP contribution in [0.4, 0.5) is 0 Å². The summed E-state index contributed by atoms with van der Waals surface area (Å²) in [4.78, 5) is 2.72. The lowest BCUT2D eigenvalue weighted by Gasteiger charge is -2.19. The Kier molecular flexibility index (Phi) is 5.03. The molecule has 0 fully saturated rings. The molecule has 102 valence electrons. The Morgan fingerprint density at radius 1 is 1.26 bits per heavy atom. The highest BCUT2D eigenvalue weighted by Gasteiger charge is 2.18. The van der Waals surface area contributed by atoms with Crippen molar-refractivity contribution in [2.45, 2.75) is 33.2 Å². The number of halogens is 1. The van der Waals surface area contributed by atoms with Gasteiger partial charge in [0, 0.05) is 14.8 Å². The van der Waals surface area contributed by atoms with Crippen LogP contribution >= 0.6 is 22.9 Å². The van der Waals surface area contributed by atoms with E-state index in [1.165, 1.54) is 20.9 Å². The SMILES string of the molecule is CCCNC(c1cc(C)c(C)s1)c1ccccc1Cl. The number of hydrogen-bond donors (Lipinski definition) is 1. The van der Waals surface area contributed by atoms with Crippen LogP contribution in [0.2, 0.25) is 5.02 Å². The van der Waals surface area contributed by atoms with Crippen LogP contribution in [0.3, 0.4) is 0 Å². The van der Waals surface area contributed by atoms with Crippen molar-refractivity contribution in [3.63, 3.8) is 0 Å². The van der Waals surface area contributed by atoms with Gasteiger partial charge < -0.3 is 5.32 Å². The van der Waals surface area contributed by atoms with Gasteiger partial charge in [-0.05, 0) is 50.1 Å². The topological polar surface area (TPSA) is 12.0 Å². The molecule has 0 saturated carbocycles. The molecule has 3 heteroatoms. The summed E-state index contributed by atoms with van der Waals surface area (Å²) in [6, 6.07) is 10.6. The smallest absolute Gasteiger partial charge is 0.0685 e. The standard InChI is InChI=1S/C16H20ClNS/c1-4-9-18-16(13-7-5-6-8-14(13)17)15-10-11(2)12(3)19-15/h5-8,10,16,18H,4,9H2,1-3H3. The molecular formula is C16H20ClNS. The molecule has 0 saturated heterocycles. The molecule has 2 aromatic rings. The van der Waals surface area contributed by atoms with Gasteiger partial charge in [0.1, 0.15) is 0 Å². The highest BCUT2D eigenvalue weighted by atomic mass is 35.5. The first-order chi connectivity index (χ1) is 9.13. The van der Waals surface area contributed by atoms with Gasteiger partial charge in [-0.15, -0.1) is 11.3 Å². The molecule has 1 nitrogen and oxygen atoms in total. The Balaban J connectivity index is 2.38. The summed E-state index contributed by atoms with van der Waals surface area (Å²) in [7, 11) is 0. The predicted molar refractivity (Wildman–Crippen MR) is 85.4 cm³/mol. The summed E-state index contributed by atoms with van der Waals surface area (Å²) in [5.41, 5.74) is 2.52. The number of nitrogens with one attached hydrogen (secondary N) is 1. The zero-order valence-electron chi connectivity index (χ0n) is 11.7. The average Bonchev–Trinajstić information content (AvgIpc) is 2.72. The lowest BCUT2D eigenvalue weighted by Crippen LogP contribution is -2.22. The third kappa shape index (κ3) is 3.38. The van der Waals surface area contributed by atoms with E-state index >= 15 is 0 Å². The zero-order chi connectivity index (χ0) is 13.8. The van der Waals surface area contributed by atoms with E-state index in [9.17, 15) is 0 Å². The first-order valence-corrected chi connectivity index (χ1v) is 7.87. The molecule has 0 amide bonds. The summed E-state index contributed by atoms with van der Waals surface area (Å²) in [6.07, 6.45) is 1.12. The van der Waals surface area contributed by atoms with Crippen molar-refractivity contribution in [1.29, 1.82) is 0 Å². The van der Waals surface area contributed by atoms with Gasteiger partial charge in [0.2, 0.25) is 0 Å². The van der Waals surface area contributed by atoms with Crippen molar-refractivity contribution >= 4 is 22.9 Å². The summed E-state index contributed by atoms with van der Waals surface area (Å²) < 4.78 is 0. The fourth-order valence-corrected chi connectivity index (χ4v) is 3.49. The highest BCUT2D eigenvalue weighted by Crippen LogP contribution is 2.33. The molecule has 0 aliphatic rings. The molecule has 1 heterocycles. The van der Waals surface area contributed by atoms with Crippen LogP contribution in [0.25, 0.3) is 0 Å². The first kappa shape index (κ1) is 14.6. The number of thiophene rings is 1. The first-order valence-electron chi connectivity index (χ1n) is 6.68. The van der Waals surface area contributed by atoms with Crippen molar-refractivity contribution in [3.8, 4) is 0 Å². The molecule has 1 aromatic heterocycles. The average molecular weight is 294 g/mol. The molecule has 1 unspecified atom stereocenters. The fourth-order valence-electron chi connectivity index (χ4n) is 2.11. The second kappa shape index (κ2) is 6.56. The van der Waals surface area contributed by atoms with Gasteiger partial charge in [0.15, 0.2) is 0 Å². The maximum atomic E-state index is 6.36. The fraction of sp³-hybridized carbons (Fsp3) is 0.375. The van der Waals surface area contributed by atoms with E-state index in [1.807, 2.05) is 23.5 Å². The van der Waals surface area contributed by atoms with Crippen molar-refractivity contribution in [1.82, 2.24) is 5.32 Å². The second-order valence-corrected chi connectivity index (χ2v) is 6.49. The minimum Gasteiger partial charge on any atom is -0.306 e. The second-order valence-electron chi connectivity index (χ2n) is 4.80. The van der Waals surface area contributed by atoms with E-state index in [2.05, 4.69) is 44.3 Å². The molecule has 0 spiro atoms. The third-order valence-electron chi connectivity index (χ3n) is 3.28. The number of rotatable bonds is 5. The number of benzene rings is 1. The van der Waals surface area contributed by atoms with Gasteiger partial charge in [-0.3, -0.25) is 0 Å². The summed E-state index contributed by atoms with van der Waals surface area (Å²) >= 11 is 8.21. The van der Waals surface area contributed by atoms with Crippen molar-refractivity contribution < 1.29 is 0 Å². The van der Waals surface area contributed by atoms with E-state index in [-0.39, 0.29) is 6.04 Å². The van der Waals surface area contributed by atoms with Crippen LogP contribution in [0.1, 0.15) is 40.3 Å². The van der Waals surface area contributed by atoms with E-state index < -0.39 is 0 Å². The van der Waals surface area contributed by atoms with E-state index in [0.29, 0.717) is 0 Å². The van der Waals surface area contributed by atoms with Gasteiger partial charge in [-0.2, -0.15) is 0 Å². The quantitative estimate of drug-likeness (QED) is 0.808. The molecule has 19 heavy (non-hydrogen) atoms. The van der Waals surface area contributed by atoms with Crippen molar-refractivity contribution in [2.75, 3.05) is 6.54 Å². The molecule has 0 aliphatic heterocycles. The largest absolute Gasteiger partial charge is 0.306 e. The zero-order valence-corrected chi connectivity index (χ0v) is 13.2. The Bertz CT molecular complexity index is 528. The molecule has 2 rings (SSSR count). The maximum Gasteiger partial charge on any atom is 0.0685 e. The Hall–Kier alpha value is -0.830. The van der Waals surface area contributed by atoms with Crippen molar-refractivity contribution in [3.05, 3.63) is 56.2 Å². The van der Waals surface area contributed by atoms with E-state index in [1.54, 1.807) is 0 Å². The lowest BCUT2D eigenvalue weighted by atomic mass is 10.0. The van der Waals surface area contributed by atoms with Crippen LogP contribution in [0.15, 0.2) is 30.3 Å². The Morgan fingerprint density at radius 3 is 2.58 bits per heavy atom. The van der Waals surface area contributed by atoms with Crippen LogP contribution in [-0.4, -0.2) is 6.54 Å². The van der Waals surface area contributed by atoms with Crippen LogP contribution in [0, 0.1) is 13.8 Å². The van der Waals surface area contributed by atoms with Gasteiger partial charge in [-0.1, -0.05) is 36.7 Å². The Labute approximate surface area is 124 Å². The normalized spacial score (nSPS) is 12.6. The molecule has 0 bridgehead atoms. The van der Waals surface area contributed by atoms with Crippen molar-refractivity contribution in [2.24, 2.45) is 0 Å². The van der Waals surface area contributed by atoms with Gasteiger partial charge in [0.05, 0.1) is 6.04 Å². The minimum absolute atomic E-state index is 0.200. The molecule has 1 atom stereocenters. The summed E-state index contributed by atoms with van der Waals surface area (Å²) in [5.74, 6) is 0. The molecule has 0 aliphatic carbocycles. The van der Waals surface area contributed by atoms with Gasteiger partial charge in [0.25, 0.3) is 0 Å². The maximum absolute atomic E-state index is 6.36. The van der Waals surface area contributed by atoms with Crippen LogP contribution in [-0.2, 0) is 0 Å². The van der Waals surface area contributed by atoms with Gasteiger partial charge >= 0.3 is 0 Å². The summed E-state index contributed by atoms with van der Waals surface area (Å²) in [6.45, 7) is 7.51. The highest BCUT2D eigenvalue weighted by molar-refractivity contribution is 7.12. The third-order valence-corrected chi connectivity index (χ3v) is 4.85. The molecule has 1 N–H and O–H groups in total. The van der Waals surface area contributed by atoms with E-state index in [4.69, 9.17) is 11.6 Å². The molecule has 0 radical (unpaired) electrons. The van der Waals surface area contributed by atoms with E-state index in [0.717, 1.165) is 18.0 Å². The summed E-state index contributed by atoms with van der Waals surface area (Å²) in [5, 5.41) is 4.44. The Morgan fingerprint density at radius 2 is 2.00 bits per heavy atom. The van der Waals surface area contributed by atoms with Crippen LogP contribution < -0.4 is 5.32 Å². The monoisotopic (exact) mass is 293 g/mol. The van der Waals surface area contributed by atoms with Crippen LogP contribution in [0.5, 0.6) is 0 Å². The number of aryl methyl sites for hydroxylation is 2. The molecule has 1 aromatic carbocycles.